The average molecular weight is 547 g/mol. The van der Waals surface area contributed by atoms with Crippen LogP contribution in [-0.4, -0.2) is 28.9 Å². The number of carbonyl (C=O) groups excluding carboxylic acids is 5. The van der Waals surface area contributed by atoms with E-state index in [9.17, 15) is 24.0 Å². The van der Waals surface area contributed by atoms with E-state index in [1.54, 1.807) is 6.08 Å². The molecule has 0 spiro atoms. The van der Waals surface area contributed by atoms with E-state index in [0.29, 0.717) is 63.6 Å². The van der Waals surface area contributed by atoms with Crippen molar-refractivity contribution in [1.29, 1.82) is 0 Å². The Bertz CT molecular complexity index is 1250. The van der Waals surface area contributed by atoms with Gasteiger partial charge in [-0.2, -0.15) is 0 Å². The third-order valence-electron chi connectivity index (χ3n) is 8.61. The van der Waals surface area contributed by atoms with Crippen molar-refractivity contribution >= 4 is 28.9 Å². The summed E-state index contributed by atoms with van der Waals surface area (Å²) in [5, 5.41) is 0. The highest BCUT2D eigenvalue weighted by molar-refractivity contribution is 6.09. The maximum Gasteiger partial charge on any atom is 0.155 e. The largest absolute Gasteiger partial charge is 0.300 e. The first-order valence-electron chi connectivity index (χ1n) is 14.2. The van der Waals surface area contributed by atoms with E-state index in [0.717, 1.165) is 30.4 Å². The van der Waals surface area contributed by atoms with E-state index in [2.05, 4.69) is 12.1 Å². The van der Waals surface area contributed by atoms with Crippen LogP contribution < -0.4 is 0 Å². The van der Waals surface area contributed by atoms with Gasteiger partial charge in [-0.3, -0.25) is 23.9 Å². The average Bonchev–Trinajstić information content (AvgIpc) is 2.93. The molecule has 40 heavy (non-hydrogen) atoms. The third kappa shape index (κ3) is 6.96. The van der Waals surface area contributed by atoms with E-state index >= 15 is 0 Å². The normalized spacial score (nSPS) is 21.8. The Hall–Kier alpha value is -3.54. The molecule has 0 heterocycles. The van der Waals surface area contributed by atoms with Gasteiger partial charge in [-0.25, -0.2) is 0 Å². The zero-order valence-corrected chi connectivity index (χ0v) is 23.3. The van der Waals surface area contributed by atoms with Crippen molar-refractivity contribution in [2.75, 3.05) is 0 Å². The molecule has 1 atom stereocenters. The van der Waals surface area contributed by atoms with Crippen LogP contribution in [0.1, 0.15) is 82.3 Å². The minimum absolute atomic E-state index is 0. The van der Waals surface area contributed by atoms with Gasteiger partial charge in [-0.1, -0.05) is 66.2 Å². The predicted octanol–water partition coefficient (Wildman–Crippen LogP) is 6.32. The number of halogens is 1. The summed E-state index contributed by atoms with van der Waals surface area (Å²) in [6, 6.07) is 19.8. The number of ketones is 5. The summed E-state index contributed by atoms with van der Waals surface area (Å²) in [4.78, 5) is 60.2. The van der Waals surface area contributed by atoms with Gasteiger partial charge in [-0.05, 0) is 69.1 Å². The Morgan fingerprint density at radius 3 is 1.80 bits per heavy atom. The van der Waals surface area contributed by atoms with Gasteiger partial charge >= 0.3 is 0 Å². The highest BCUT2D eigenvalue weighted by atomic mass is 19.0. The van der Waals surface area contributed by atoms with Gasteiger partial charge in [-0.15, -0.1) is 0 Å². The minimum atomic E-state index is -0.967. The zero-order valence-electron chi connectivity index (χ0n) is 23.3. The smallest absolute Gasteiger partial charge is 0.155 e. The highest BCUT2D eigenvalue weighted by Crippen LogP contribution is 2.46. The molecule has 212 valence electrons. The fourth-order valence-corrected chi connectivity index (χ4v) is 6.40. The summed E-state index contributed by atoms with van der Waals surface area (Å²) >= 11 is 0. The van der Waals surface area contributed by atoms with E-state index in [1.165, 1.54) is 12.5 Å². The van der Waals surface area contributed by atoms with Crippen LogP contribution in [0.2, 0.25) is 0 Å². The van der Waals surface area contributed by atoms with Gasteiger partial charge in [0.25, 0.3) is 0 Å². The minimum Gasteiger partial charge on any atom is -0.300 e. The molecule has 3 aliphatic carbocycles. The summed E-state index contributed by atoms with van der Waals surface area (Å²) in [6.45, 7) is 1.51. The van der Waals surface area contributed by atoms with Gasteiger partial charge in [0, 0.05) is 32.1 Å². The van der Waals surface area contributed by atoms with Crippen molar-refractivity contribution < 1.29 is 28.7 Å². The van der Waals surface area contributed by atoms with Gasteiger partial charge in [0.05, 0.1) is 10.8 Å². The SMILES string of the molecule is CC(=O)CCC1(Cc2ccccc2)C(=O)CCCC1=O.F.O=C1C=C2CCCC(=O)C2(Cc2ccccc2)CC1. The Balaban J connectivity index is 0.000000215. The van der Waals surface area contributed by atoms with Gasteiger partial charge in [0.2, 0.25) is 0 Å². The van der Waals surface area contributed by atoms with Crippen LogP contribution in [0.4, 0.5) is 4.70 Å². The summed E-state index contributed by atoms with van der Waals surface area (Å²) < 4.78 is 0. The lowest BCUT2D eigenvalue weighted by Gasteiger charge is -2.40. The molecule has 2 fully saturated rings. The molecule has 5 rings (SSSR count). The van der Waals surface area contributed by atoms with Gasteiger partial charge in [0.1, 0.15) is 23.1 Å². The molecule has 2 aromatic carbocycles. The Morgan fingerprint density at radius 2 is 1.23 bits per heavy atom. The molecule has 0 radical (unpaired) electrons. The monoisotopic (exact) mass is 546 g/mol. The van der Waals surface area contributed by atoms with Crippen LogP contribution in [0.5, 0.6) is 0 Å². The molecule has 0 aromatic heterocycles. The number of hydrogen-bond acceptors (Lipinski definition) is 5. The van der Waals surface area contributed by atoms with E-state index in [4.69, 9.17) is 0 Å². The van der Waals surface area contributed by atoms with Crippen molar-refractivity contribution in [2.45, 2.75) is 84.0 Å². The lowest BCUT2D eigenvalue weighted by atomic mass is 9.61. The molecule has 0 saturated heterocycles. The molecular formula is C34H39FO5. The number of hydrogen-bond donors (Lipinski definition) is 0. The number of rotatable bonds is 7. The van der Waals surface area contributed by atoms with Crippen LogP contribution in [0.25, 0.3) is 0 Å². The molecule has 0 N–H and O–H groups in total. The van der Waals surface area contributed by atoms with Crippen molar-refractivity contribution in [3.05, 3.63) is 83.4 Å². The molecular weight excluding hydrogens is 507 g/mol. The number of allylic oxidation sites excluding steroid dienone is 2. The topological polar surface area (TPSA) is 85.3 Å². The standard InChI is InChI=1S/C17H20O3.C17H18O2.FH/c1-13(18)10-11-17(12-14-6-3-2-4-7-14)15(19)8-5-9-16(17)20;18-15-9-10-17(12-13-5-2-1-3-6-13)14(11-15)7-4-8-16(17)19;/h2-4,6-7H,5,8-12H2,1H3;1-3,5-6,11H,4,7-10,12H2;1H. The number of carbonyl (C=O) groups is 5. The Labute approximate surface area is 235 Å². The summed E-state index contributed by atoms with van der Waals surface area (Å²) in [7, 11) is 0. The molecule has 3 aliphatic rings. The maximum atomic E-state index is 12.5. The number of fused-ring (bicyclic) bond motifs is 1. The second-order valence-electron chi connectivity index (χ2n) is 11.3. The van der Waals surface area contributed by atoms with Crippen LogP contribution in [0.15, 0.2) is 72.3 Å². The zero-order chi connectivity index (χ0) is 27.9. The van der Waals surface area contributed by atoms with E-state index in [1.807, 2.05) is 48.5 Å². The Kier molecular flexibility index (Phi) is 10.6. The van der Waals surface area contributed by atoms with Crippen molar-refractivity contribution in [3.8, 4) is 0 Å². The van der Waals surface area contributed by atoms with Crippen molar-refractivity contribution in [1.82, 2.24) is 0 Å². The maximum absolute atomic E-state index is 12.5. The van der Waals surface area contributed by atoms with Crippen LogP contribution in [-0.2, 0) is 36.8 Å². The fourth-order valence-electron chi connectivity index (χ4n) is 6.40. The molecule has 6 heteroatoms. The predicted molar refractivity (Wildman–Crippen MR) is 153 cm³/mol. The van der Waals surface area contributed by atoms with Crippen molar-refractivity contribution in [2.24, 2.45) is 10.8 Å². The van der Waals surface area contributed by atoms with Crippen LogP contribution >= 0.6 is 0 Å². The summed E-state index contributed by atoms with van der Waals surface area (Å²) in [5.74, 6) is 0.580. The molecule has 5 nitrogen and oxygen atoms in total. The van der Waals surface area contributed by atoms with E-state index < -0.39 is 5.41 Å². The third-order valence-corrected chi connectivity index (χ3v) is 8.61. The molecule has 0 amide bonds. The van der Waals surface area contributed by atoms with Gasteiger partial charge < -0.3 is 4.79 Å². The summed E-state index contributed by atoms with van der Waals surface area (Å²) in [6.07, 6.45) is 8.83. The first-order valence-corrected chi connectivity index (χ1v) is 14.2. The molecule has 2 aromatic rings. The molecule has 0 bridgehead atoms. The Morgan fingerprint density at radius 1 is 0.700 bits per heavy atom. The van der Waals surface area contributed by atoms with Crippen molar-refractivity contribution in [3.63, 3.8) is 0 Å². The van der Waals surface area contributed by atoms with E-state index in [-0.39, 0.29) is 33.3 Å². The number of Topliss-reactive ketones (excluding diaryl/α,β-unsaturated/α-hetero) is 4. The molecule has 1 unspecified atom stereocenters. The number of benzene rings is 2. The lowest BCUT2D eigenvalue weighted by Crippen LogP contribution is -2.44. The molecule has 0 aliphatic heterocycles. The molecule has 2 saturated carbocycles. The highest BCUT2D eigenvalue weighted by Gasteiger charge is 2.47. The summed E-state index contributed by atoms with van der Waals surface area (Å²) in [5.41, 5.74) is 1.92. The first kappa shape index (κ1) is 31.0. The second-order valence-corrected chi connectivity index (χ2v) is 11.3. The van der Waals surface area contributed by atoms with Crippen LogP contribution in [0.3, 0.4) is 0 Å². The quantitative estimate of drug-likeness (QED) is 0.380. The first-order chi connectivity index (χ1) is 18.7. The fraction of sp³-hybridized carbons (Fsp3) is 0.441. The van der Waals surface area contributed by atoms with Crippen LogP contribution in [0, 0.1) is 10.8 Å². The lowest BCUT2D eigenvalue weighted by molar-refractivity contribution is -0.144. The second kappa shape index (κ2) is 13.7. The van der Waals surface area contributed by atoms with Gasteiger partial charge in [0.15, 0.2) is 5.78 Å².